The molecule has 0 radical (unpaired) electrons. The van der Waals surface area contributed by atoms with Crippen LogP contribution in [-0.2, 0) is 6.18 Å². The molecule has 0 saturated heterocycles. The van der Waals surface area contributed by atoms with E-state index in [2.05, 4.69) is 5.10 Å². The Morgan fingerprint density at radius 2 is 2.00 bits per heavy atom. The number of nitrogens with zero attached hydrogens (tertiary/aromatic N) is 2. The Balaban J connectivity index is 2.63. The van der Waals surface area contributed by atoms with Crippen molar-refractivity contribution in [3.63, 3.8) is 0 Å². The lowest BCUT2D eigenvalue weighted by Crippen LogP contribution is -2.18. The highest BCUT2D eigenvalue weighted by Gasteiger charge is 2.39. The second-order valence-corrected chi connectivity index (χ2v) is 4.03. The molecule has 0 fully saturated rings. The van der Waals surface area contributed by atoms with E-state index in [4.69, 9.17) is 5.11 Å². The normalized spacial score (nSPS) is 11.4. The van der Waals surface area contributed by atoms with Crippen molar-refractivity contribution in [2.24, 2.45) is 0 Å². The first kappa shape index (κ1) is 13.9. The number of amides is 1. The molecule has 8 heteroatoms. The van der Waals surface area contributed by atoms with Crippen molar-refractivity contribution in [2.75, 3.05) is 5.32 Å². The Kier molecular flexibility index (Phi) is 3.39. The van der Waals surface area contributed by atoms with Crippen molar-refractivity contribution >= 4 is 11.8 Å². The van der Waals surface area contributed by atoms with E-state index in [1.165, 1.54) is 6.07 Å². The molecule has 0 bridgehead atoms. The van der Waals surface area contributed by atoms with Gasteiger partial charge in [0.1, 0.15) is 0 Å². The zero-order valence-electron chi connectivity index (χ0n) is 10.3. The predicted octanol–water partition coefficient (Wildman–Crippen LogP) is 3.29. The van der Waals surface area contributed by atoms with Gasteiger partial charge < -0.3 is 5.11 Å². The summed E-state index contributed by atoms with van der Waals surface area (Å²) in [5.74, 6) is 0. The number of anilines is 1. The van der Waals surface area contributed by atoms with Crippen LogP contribution in [0.3, 0.4) is 0 Å². The van der Waals surface area contributed by atoms with Gasteiger partial charge in [-0.15, -0.1) is 0 Å². The molecule has 0 saturated carbocycles. The highest BCUT2D eigenvalue weighted by Crippen LogP contribution is 2.36. The third-order valence-corrected chi connectivity index (χ3v) is 2.62. The van der Waals surface area contributed by atoms with Gasteiger partial charge in [-0.2, -0.15) is 18.3 Å². The zero-order chi connectivity index (χ0) is 14.9. The third kappa shape index (κ3) is 2.58. The maximum absolute atomic E-state index is 13.1. The van der Waals surface area contributed by atoms with Gasteiger partial charge in [-0.1, -0.05) is 18.2 Å². The Bertz CT molecular complexity index is 650. The van der Waals surface area contributed by atoms with E-state index in [0.29, 0.717) is 10.2 Å². The number of rotatable bonds is 2. The molecule has 0 aliphatic heterocycles. The number of halogens is 3. The summed E-state index contributed by atoms with van der Waals surface area (Å²) in [5, 5.41) is 13.9. The molecular formula is C12H10F3N3O2. The summed E-state index contributed by atoms with van der Waals surface area (Å²) in [6.45, 7) is 1.64. The van der Waals surface area contributed by atoms with Crippen LogP contribution in [0.25, 0.3) is 5.69 Å². The van der Waals surface area contributed by atoms with Gasteiger partial charge in [-0.25, -0.2) is 9.48 Å². The number of hydrogen-bond donors (Lipinski definition) is 2. The first-order valence-corrected chi connectivity index (χ1v) is 5.52. The van der Waals surface area contributed by atoms with E-state index in [9.17, 15) is 18.0 Å². The molecule has 5 nitrogen and oxygen atoms in total. The van der Waals surface area contributed by atoms with E-state index in [1.807, 2.05) is 0 Å². The Morgan fingerprint density at radius 1 is 1.35 bits per heavy atom. The SMILES string of the molecule is Cc1ccccc1-n1ncc(NC(=O)O)c1C(F)(F)F. The number of alkyl halides is 3. The minimum Gasteiger partial charge on any atom is -0.465 e. The van der Waals surface area contributed by atoms with Gasteiger partial charge >= 0.3 is 12.3 Å². The number of hydrogen-bond acceptors (Lipinski definition) is 2. The van der Waals surface area contributed by atoms with Gasteiger partial charge in [-0.05, 0) is 18.6 Å². The molecule has 1 aromatic heterocycles. The van der Waals surface area contributed by atoms with Crippen molar-refractivity contribution in [2.45, 2.75) is 13.1 Å². The van der Waals surface area contributed by atoms with Crippen molar-refractivity contribution in [1.29, 1.82) is 0 Å². The fraction of sp³-hybridized carbons (Fsp3) is 0.167. The van der Waals surface area contributed by atoms with E-state index < -0.39 is 23.7 Å². The van der Waals surface area contributed by atoms with E-state index in [0.717, 1.165) is 6.20 Å². The molecule has 20 heavy (non-hydrogen) atoms. The minimum absolute atomic E-state index is 0.235. The fourth-order valence-electron chi connectivity index (χ4n) is 1.81. The van der Waals surface area contributed by atoms with E-state index in [1.54, 1.807) is 30.4 Å². The van der Waals surface area contributed by atoms with E-state index >= 15 is 0 Å². The molecule has 1 amide bonds. The number of carbonyl (C=O) groups is 1. The van der Waals surface area contributed by atoms with Gasteiger partial charge in [-0.3, -0.25) is 5.32 Å². The second-order valence-electron chi connectivity index (χ2n) is 4.03. The molecule has 0 atom stereocenters. The van der Waals surface area contributed by atoms with Crippen LogP contribution in [-0.4, -0.2) is 21.0 Å². The monoisotopic (exact) mass is 285 g/mol. The molecule has 0 unspecified atom stereocenters. The fourth-order valence-corrected chi connectivity index (χ4v) is 1.81. The van der Waals surface area contributed by atoms with Crippen LogP contribution in [0.4, 0.5) is 23.7 Å². The lowest BCUT2D eigenvalue weighted by molar-refractivity contribution is -0.142. The summed E-state index contributed by atoms with van der Waals surface area (Å²) in [4.78, 5) is 10.5. The first-order chi connectivity index (χ1) is 9.30. The highest BCUT2D eigenvalue weighted by atomic mass is 19.4. The Morgan fingerprint density at radius 3 is 2.55 bits per heavy atom. The van der Waals surface area contributed by atoms with Crippen molar-refractivity contribution in [1.82, 2.24) is 9.78 Å². The van der Waals surface area contributed by atoms with Crippen LogP contribution in [0.5, 0.6) is 0 Å². The molecule has 2 aromatic rings. The average molecular weight is 285 g/mol. The molecule has 2 N–H and O–H groups in total. The van der Waals surface area contributed by atoms with Crippen LogP contribution in [0, 0.1) is 6.92 Å². The lowest BCUT2D eigenvalue weighted by Gasteiger charge is -2.13. The Labute approximate surface area is 111 Å². The molecule has 1 heterocycles. The summed E-state index contributed by atoms with van der Waals surface area (Å²) in [6, 6.07) is 6.38. The average Bonchev–Trinajstić information content (AvgIpc) is 2.72. The van der Waals surface area contributed by atoms with Crippen molar-refractivity contribution < 1.29 is 23.1 Å². The van der Waals surface area contributed by atoms with Crippen LogP contribution >= 0.6 is 0 Å². The topological polar surface area (TPSA) is 67.2 Å². The highest BCUT2D eigenvalue weighted by molar-refractivity contribution is 5.83. The zero-order valence-corrected chi connectivity index (χ0v) is 10.3. The third-order valence-electron chi connectivity index (χ3n) is 2.62. The molecule has 0 spiro atoms. The van der Waals surface area contributed by atoms with Crippen LogP contribution < -0.4 is 5.32 Å². The van der Waals surface area contributed by atoms with Gasteiger partial charge in [0.05, 0.1) is 17.6 Å². The largest absolute Gasteiger partial charge is 0.465 e. The number of aromatic nitrogens is 2. The van der Waals surface area contributed by atoms with Gasteiger partial charge in [0.15, 0.2) is 5.69 Å². The number of nitrogens with one attached hydrogen (secondary N) is 1. The standard InChI is InChI=1S/C12H10F3N3O2/c1-7-4-2-3-5-9(7)18-10(12(13,14)15)8(6-16-18)17-11(19)20/h2-6,17H,1H3,(H,19,20). The predicted molar refractivity (Wildman–Crippen MR) is 65.0 cm³/mol. The summed E-state index contributed by atoms with van der Waals surface area (Å²) < 4.78 is 40.0. The summed E-state index contributed by atoms with van der Waals surface area (Å²) >= 11 is 0. The van der Waals surface area contributed by atoms with Crippen LogP contribution in [0.15, 0.2) is 30.5 Å². The number of para-hydroxylation sites is 1. The number of aryl methyl sites for hydroxylation is 1. The van der Waals surface area contributed by atoms with E-state index in [-0.39, 0.29) is 5.69 Å². The van der Waals surface area contributed by atoms with Crippen molar-refractivity contribution in [3.05, 3.63) is 41.7 Å². The first-order valence-electron chi connectivity index (χ1n) is 5.52. The smallest absolute Gasteiger partial charge is 0.435 e. The Hall–Kier alpha value is -2.51. The summed E-state index contributed by atoms with van der Waals surface area (Å²) in [6.07, 6.45) is -5.49. The quantitative estimate of drug-likeness (QED) is 0.889. The molecule has 1 aromatic carbocycles. The van der Waals surface area contributed by atoms with Gasteiger partial charge in [0.25, 0.3) is 0 Å². The second kappa shape index (κ2) is 4.87. The summed E-state index contributed by atoms with van der Waals surface area (Å²) in [7, 11) is 0. The van der Waals surface area contributed by atoms with Crippen molar-refractivity contribution in [3.8, 4) is 5.69 Å². The molecular weight excluding hydrogens is 275 g/mol. The van der Waals surface area contributed by atoms with Gasteiger partial charge in [0, 0.05) is 0 Å². The minimum atomic E-state index is -4.74. The molecule has 0 aliphatic rings. The lowest BCUT2D eigenvalue weighted by atomic mass is 10.2. The van der Waals surface area contributed by atoms with Gasteiger partial charge in [0.2, 0.25) is 0 Å². The number of benzene rings is 1. The van der Waals surface area contributed by atoms with Crippen LogP contribution in [0.1, 0.15) is 11.3 Å². The molecule has 0 aliphatic carbocycles. The summed E-state index contributed by atoms with van der Waals surface area (Å²) in [5.41, 5.74) is -0.941. The maximum Gasteiger partial charge on any atom is 0.435 e. The number of carboxylic acid groups (broad SMARTS) is 1. The van der Waals surface area contributed by atoms with Crippen LogP contribution in [0.2, 0.25) is 0 Å². The maximum atomic E-state index is 13.1. The molecule has 2 rings (SSSR count). The molecule has 106 valence electrons.